The van der Waals surface area contributed by atoms with Crippen LogP contribution in [0.5, 0.6) is 0 Å². The van der Waals surface area contributed by atoms with Crippen molar-refractivity contribution >= 4 is 0 Å². The summed E-state index contributed by atoms with van der Waals surface area (Å²) < 4.78 is 50.9. The second kappa shape index (κ2) is 8.47. The van der Waals surface area contributed by atoms with Gasteiger partial charge >= 0.3 is 6.18 Å². The van der Waals surface area contributed by atoms with Crippen molar-refractivity contribution in [2.75, 3.05) is 13.2 Å². The first-order valence-corrected chi connectivity index (χ1v) is 10.7. The van der Waals surface area contributed by atoms with E-state index in [9.17, 15) is 13.2 Å². The van der Waals surface area contributed by atoms with Crippen LogP contribution in [0.1, 0.15) is 24.4 Å². The Morgan fingerprint density at radius 1 is 0.970 bits per heavy atom. The molecular formula is C24H22F3N5O. The Bertz CT molecular complexity index is 1270. The summed E-state index contributed by atoms with van der Waals surface area (Å²) in [7, 11) is 1.81. The molecule has 0 N–H and O–H groups in total. The minimum atomic E-state index is -4.54. The van der Waals surface area contributed by atoms with Crippen molar-refractivity contribution in [3.05, 3.63) is 66.7 Å². The van der Waals surface area contributed by atoms with Crippen LogP contribution < -0.4 is 0 Å². The van der Waals surface area contributed by atoms with Gasteiger partial charge in [-0.3, -0.25) is 14.3 Å². The van der Waals surface area contributed by atoms with E-state index in [-0.39, 0.29) is 17.3 Å². The molecule has 1 aliphatic rings. The molecule has 1 fully saturated rings. The molecule has 0 unspecified atom stereocenters. The van der Waals surface area contributed by atoms with Crippen molar-refractivity contribution in [3.63, 3.8) is 0 Å². The molecule has 4 aromatic rings. The van der Waals surface area contributed by atoms with Crippen molar-refractivity contribution in [2.24, 2.45) is 7.05 Å². The Morgan fingerprint density at radius 2 is 1.73 bits per heavy atom. The predicted octanol–water partition coefficient (Wildman–Crippen LogP) is 5.38. The van der Waals surface area contributed by atoms with E-state index in [1.807, 2.05) is 25.4 Å². The van der Waals surface area contributed by atoms with Crippen LogP contribution in [0.4, 0.5) is 13.2 Å². The number of nitrogens with zero attached hydrogens (tertiary/aromatic N) is 5. The highest BCUT2D eigenvalue weighted by Crippen LogP contribution is 2.39. The highest BCUT2D eigenvalue weighted by Gasteiger charge is 2.35. The molecular weight excluding hydrogens is 431 g/mol. The maximum Gasteiger partial charge on any atom is 0.417 e. The average molecular weight is 453 g/mol. The number of aromatic nitrogens is 5. The third-order valence-electron chi connectivity index (χ3n) is 5.85. The number of pyridine rings is 1. The minimum absolute atomic E-state index is 0.0189. The Hall–Kier alpha value is -3.46. The zero-order chi connectivity index (χ0) is 23.0. The summed E-state index contributed by atoms with van der Waals surface area (Å²) in [4.78, 5) is 4.38. The van der Waals surface area contributed by atoms with Gasteiger partial charge in [0.05, 0.1) is 29.2 Å². The number of aryl methyl sites for hydroxylation is 1. The lowest BCUT2D eigenvalue weighted by Crippen LogP contribution is -2.19. The second-order valence-electron chi connectivity index (χ2n) is 8.12. The zero-order valence-electron chi connectivity index (χ0n) is 18.0. The molecule has 0 saturated carbocycles. The lowest BCUT2D eigenvalue weighted by molar-refractivity contribution is -0.137. The van der Waals surface area contributed by atoms with Crippen molar-refractivity contribution in [2.45, 2.75) is 25.1 Å². The highest BCUT2D eigenvalue weighted by molar-refractivity contribution is 5.73. The van der Waals surface area contributed by atoms with Gasteiger partial charge in [0.2, 0.25) is 0 Å². The van der Waals surface area contributed by atoms with E-state index in [1.165, 1.54) is 12.4 Å². The number of benzene rings is 1. The Morgan fingerprint density at radius 3 is 2.42 bits per heavy atom. The van der Waals surface area contributed by atoms with Crippen LogP contribution >= 0.6 is 0 Å². The summed E-state index contributed by atoms with van der Waals surface area (Å²) >= 11 is 0. The van der Waals surface area contributed by atoms with E-state index in [0.29, 0.717) is 24.3 Å². The smallest absolute Gasteiger partial charge is 0.381 e. The monoisotopic (exact) mass is 453 g/mol. The van der Waals surface area contributed by atoms with E-state index in [2.05, 4.69) is 15.2 Å². The fourth-order valence-corrected chi connectivity index (χ4v) is 4.11. The van der Waals surface area contributed by atoms with Crippen molar-refractivity contribution < 1.29 is 17.9 Å². The quantitative estimate of drug-likeness (QED) is 0.416. The molecule has 33 heavy (non-hydrogen) atoms. The standard InChI is InChI=1S/C24H22F3N5O/c1-31-8-5-22(30-31)16-3-2-4-17(11-16)23-12-21(24(25,26)27)20(14-28-23)18-13-29-32(15-18)19-6-9-33-10-7-19/h2-5,8,11-15,19H,6-7,9-10H2,1H3. The van der Waals surface area contributed by atoms with Crippen LogP contribution in [-0.2, 0) is 18.0 Å². The van der Waals surface area contributed by atoms with Crippen molar-refractivity contribution in [1.82, 2.24) is 24.5 Å². The highest BCUT2D eigenvalue weighted by atomic mass is 19.4. The van der Waals surface area contributed by atoms with Gasteiger partial charge in [-0.15, -0.1) is 0 Å². The van der Waals surface area contributed by atoms with Gasteiger partial charge in [0, 0.05) is 61.1 Å². The number of halogens is 3. The van der Waals surface area contributed by atoms with Gasteiger partial charge in [-0.1, -0.05) is 18.2 Å². The molecule has 5 rings (SSSR count). The van der Waals surface area contributed by atoms with Crippen molar-refractivity contribution in [3.8, 4) is 33.6 Å². The SMILES string of the molecule is Cn1ccc(-c2cccc(-c3cc(C(F)(F)F)c(-c4cnn(C5CCOCC5)c4)cn3)c2)n1. The van der Waals surface area contributed by atoms with Gasteiger partial charge in [0.25, 0.3) is 0 Å². The maximum atomic E-state index is 14.1. The van der Waals surface area contributed by atoms with E-state index < -0.39 is 11.7 Å². The molecule has 9 heteroatoms. The van der Waals surface area contributed by atoms with Crippen LogP contribution in [-0.4, -0.2) is 37.8 Å². The predicted molar refractivity (Wildman–Crippen MR) is 117 cm³/mol. The first kappa shape index (κ1) is 21.4. The molecule has 0 aliphatic carbocycles. The minimum Gasteiger partial charge on any atom is -0.381 e. The Labute approximate surface area is 188 Å². The molecule has 1 saturated heterocycles. The molecule has 1 aromatic carbocycles. The fraction of sp³-hybridized carbons (Fsp3) is 0.292. The van der Waals surface area contributed by atoms with Crippen LogP contribution in [0.25, 0.3) is 33.6 Å². The number of alkyl halides is 3. The molecule has 6 nitrogen and oxygen atoms in total. The van der Waals surface area contributed by atoms with Crippen LogP contribution in [0, 0.1) is 0 Å². The molecule has 3 aromatic heterocycles. The fourth-order valence-electron chi connectivity index (χ4n) is 4.11. The first-order valence-electron chi connectivity index (χ1n) is 10.7. The third-order valence-corrected chi connectivity index (χ3v) is 5.85. The average Bonchev–Trinajstić information content (AvgIpc) is 3.48. The second-order valence-corrected chi connectivity index (χ2v) is 8.12. The van der Waals surface area contributed by atoms with E-state index in [4.69, 9.17) is 4.74 Å². The largest absolute Gasteiger partial charge is 0.417 e. The number of hydrogen-bond donors (Lipinski definition) is 0. The molecule has 0 spiro atoms. The number of ether oxygens (including phenoxy) is 1. The van der Waals surface area contributed by atoms with Crippen molar-refractivity contribution in [1.29, 1.82) is 0 Å². The van der Waals surface area contributed by atoms with Gasteiger partial charge in [0.15, 0.2) is 0 Å². The summed E-state index contributed by atoms with van der Waals surface area (Å²) in [6.07, 6.45) is 3.29. The topological polar surface area (TPSA) is 57.8 Å². The molecule has 0 atom stereocenters. The lowest BCUT2D eigenvalue weighted by Gasteiger charge is -2.22. The maximum absolute atomic E-state index is 14.1. The van der Waals surface area contributed by atoms with Gasteiger partial charge < -0.3 is 4.74 Å². The molecule has 1 aliphatic heterocycles. The normalized spacial score (nSPS) is 15.2. The lowest BCUT2D eigenvalue weighted by atomic mass is 10.00. The van der Waals surface area contributed by atoms with Crippen LogP contribution in [0.3, 0.4) is 0 Å². The summed E-state index contributed by atoms with van der Waals surface area (Å²) in [5.74, 6) is 0. The van der Waals surface area contributed by atoms with Gasteiger partial charge in [-0.05, 0) is 31.0 Å². The van der Waals surface area contributed by atoms with Gasteiger partial charge in [-0.25, -0.2) is 0 Å². The number of rotatable bonds is 4. The summed E-state index contributed by atoms with van der Waals surface area (Å²) in [5.41, 5.74) is 2.08. The number of hydrogen-bond acceptors (Lipinski definition) is 4. The van der Waals surface area contributed by atoms with Gasteiger partial charge in [0.1, 0.15) is 0 Å². The van der Waals surface area contributed by atoms with E-state index in [1.54, 1.807) is 33.8 Å². The summed E-state index contributed by atoms with van der Waals surface area (Å²) in [6.45, 7) is 1.25. The zero-order valence-corrected chi connectivity index (χ0v) is 18.0. The van der Waals surface area contributed by atoms with E-state index in [0.717, 1.165) is 30.2 Å². The summed E-state index contributed by atoms with van der Waals surface area (Å²) in [6, 6.07) is 10.3. The van der Waals surface area contributed by atoms with Crippen LogP contribution in [0.15, 0.2) is 61.2 Å². The Kier molecular flexibility index (Phi) is 5.49. The Balaban J connectivity index is 1.52. The molecule has 170 valence electrons. The molecule has 0 bridgehead atoms. The molecule has 0 amide bonds. The molecule has 0 radical (unpaired) electrons. The van der Waals surface area contributed by atoms with Gasteiger partial charge in [-0.2, -0.15) is 23.4 Å². The third kappa shape index (κ3) is 4.41. The molecule has 4 heterocycles. The van der Waals surface area contributed by atoms with E-state index >= 15 is 0 Å². The summed E-state index contributed by atoms with van der Waals surface area (Å²) in [5, 5.41) is 8.69. The first-order chi connectivity index (χ1) is 15.9. The van der Waals surface area contributed by atoms with Crippen LogP contribution in [0.2, 0.25) is 0 Å².